The minimum Gasteiger partial charge on any atom is -0.325 e. The van der Waals surface area contributed by atoms with Crippen LogP contribution in [0.4, 0.5) is 0 Å². The van der Waals surface area contributed by atoms with E-state index in [0.717, 1.165) is 17.8 Å². The molecule has 21 heavy (non-hydrogen) atoms. The summed E-state index contributed by atoms with van der Waals surface area (Å²) in [6.45, 7) is 0. The third-order valence-corrected chi connectivity index (χ3v) is 7.10. The Hall–Kier alpha value is -0.0400. The van der Waals surface area contributed by atoms with Crippen molar-refractivity contribution >= 4 is 0 Å². The van der Waals surface area contributed by atoms with Gasteiger partial charge in [0.2, 0.25) is 0 Å². The molecule has 3 fully saturated rings. The van der Waals surface area contributed by atoms with Crippen LogP contribution in [-0.4, -0.2) is 5.54 Å². The second-order valence-electron chi connectivity index (χ2n) is 8.49. The first-order valence-corrected chi connectivity index (χ1v) is 10.1. The molecule has 3 rings (SSSR count). The molecule has 2 N–H and O–H groups in total. The van der Waals surface area contributed by atoms with Gasteiger partial charge in [-0.3, -0.25) is 0 Å². The monoisotopic (exact) mass is 291 g/mol. The van der Waals surface area contributed by atoms with Gasteiger partial charge in [0.05, 0.1) is 0 Å². The van der Waals surface area contributed by atoms with Gasteiger partial charge in [-0.15, -0.1) is 0 Å². The van der Waals surface area contributed by atoms with Crippen LogP contribution in [0.15, 0.2) is 0 Å². The van der Waals surface area contributed by atoms with E-state index in [9.17, 15) is 0 Å². The van der Waals surface area contributed by atoms with Crippen LogP contribution >= 0.6 is 0 Å². The molecule has 0 bridgehead atoms. The van der Waals surface area contributed by atoms with E-state index in [0.29, 0.717) is 0 Å². The lowest BCUT2D eigenvalue weighted by molar-refractivity contribution is 0.0730. The number of hydrogen-bond donors (Lipinski definition) is 1. The van der Waals surface area contributed by atoms with Gasteiger partial charge in [0.25, 0.3) is 0 Å². The molecule has 0 atom stereocenters. The van der Waals surface area contributed by atoms with Crippen LogP contribution in [0, 0.1) is 17.8 Å². The highest BCUT2D eigenvalue weighted by atomic mass is 14.8. The number of rotatable bonds is 4. The van der Waals surface area contributed by atoms with Crippen LogP contribution in [0.3, 0.4) is 0 Å². The molecule has 0 spiro atoms. The van der Waals surface area contributed by atoms with Crippen molar-refractivity contribution in [3.05, 3.63) is 0 Å². The zero-order valence-electron chi connectivity index (χ0n) is 14.1. The number of nitrogens with two attached hydrogens (primary N) is 1. The molecule has 1 heteroatoms. The molecule has 0 aliphatic heterocycles. The van der Waals surface area contributed by atoms with Crippen LogP contribution < -0.4 is 5.73 Å². The molecule has 3 aliphatic rings. The Morgan fingerprint density at radius 3 is 1.38 bits per heavy atom. The lowest BCUT2D eigenvalue weighted by atomic mass is 9.61. The molecule has 0 amide bonds. The quantitative estimate of drug-likeness (QED) is 0.694. The Balaban J connectivity index is 1.71. The molecular weight excluding hydrogens is 254 g/mol. The van der Waals surface area contributed by atoms with Gasteiger partial charge in [-0.05, 0) is 49.9 Å². The van der Waals surface area contributed by atoms with Crippen molar-refractivity contribution in [2.75, 3.05) is 0 Å². The summed E-state index contributed by atoms with van der Waals surface area (Å²) in [5.74, 6) is 2.64. The minimum absolute atomic E-state index is 0.197. The van der Waals surface area contributed by atoms with Crippen molar-refractivity contribution in [3.63, 3.8) is 0 Å². The first-order chi connectivity index (χ1) is 10.3. The summed E-state index contributed by atoms with van der Waals surface area (Å²) in [6.07, 6.45) is 23.1. The highest BCUT2D eigenvalue weighted by Crippen LogP contribution is 2.46. The molecule has 0 radical (unpaired) electrons. The van der Waals surface area contributed by atoms with Crippen molar-refractivity contribution in [3.8, 4) is 0 Å². The average molecular weight is 292 g/mol. The van der Waals surface area contributed by atoms with Crippen molar-refractivity contribution in [1.82, 2.24) is 0 Å². The third kappa shape index (κ3) is 3.84. The predicted molar refractivity (Wildman–Crippen MR) is 91.3 cm³/mol. The second-order valence-corrected chi connectivity index (χ2v) is 8.49. The van der Waals surface area contributed by atoms with E-state index in [4.69, 9.17) is 5.73 Å². The molecule has 0 aromatic carbocycles. The Morgan fingerprint density at radius 1 is 0.571 bits per heavy atom. The normalized spacial score (nSPS) is 27.9. The molecule has 0 aromatic rings. The van der Waals surface area contributed by atoms with Crippen LogP contribution in [0.2, 0.25) is 0 Å². The Labute approximate surface area is 132 Å². The molecule has 3 saturated carbocycles. The fourth-order valence-corrected chi connectivity index (χ4v) is 5.84. The predicted octanol–water partition coefficient (Wildman–Crippen LogP) is 5.81. The highest BCUT2D eigenvalue weighted by molar-refractivity contribution is 5.00. The Morgan fingerprint density at radius 2 is 0.952 bits per heavy atom. The van der Waals surface area contributed by atoms with E-state index in [1.807, 2.05) is 0 Å². The third-order valence-electron chi connectivity index (χ3n) is 7.10. The molecule has 0 heterocycles. The molecular formula is C20H37N. The molecule has 3 aliphatic carbocycles. The Bertz CT molecular complexity index is 275. The van der Waals surface area contributed by atoms with Gasteiger partial charge < -0.3 is 5.73 Å². The van der Waals surface area contributed by atoms with Crippen molar-refractivity contribution in [2.24, 2.45) is 23.5 Å². The van der Waals surface area contributed by atoms with Gasteiger partial charge >= 0.3 is 0 Å². The topological polar surface area (TPSA) is 26.0 Å². The molecule has 0 unspecified atom stereocenters. The van der Waals surface area contributed by atoms with Crippen LogP contribution in [0.5, 0.6) is 0 Å². The van der Waals surface area contributed by atoms with Gasteiger partial charge in [-0.25, -0.2) is 0 Å². The first-order valence-electron chi connectivity index (χ1n) is 10.1. The molecule has 122 valence electrons. The summed E-state index contributed by atoms with van der Waals surface area (Å²) in [4.78, 5) is 0. The summed E-state index contributed by atoms with van der Waals surface area (Å²) in [5, 5.41) is 0. The van der Waals surface area contributed by atoms with E-state index in [1.54, 1.807) is 0 Å². The SMILES string of the molecule is NC(CC1CCCCC1)(C1CCCCC1)C1CCCCC1. The standard InChI is InChI=1S/C20H37N/c21-20(18-12-6-2-7-13-18,19-14-8-3-9-15-19)16-17-10-4-1-5-11-17/h17-19H,1-16,21H2. The fraction of sp³-hybridized carbons (Fsp3) is 1.00. The lowest BCUT2D eigenvalue weighted by Crippen LogP contribution is -2.55. The van der Waals surface area contributed by atoms with Crippen molar-refractivity contribution in [1.29, 1.82) is 0 Å². The summed E-state index contributed by atoms with van der Waals surface area (Å²) < 4.78 is 0. The van der Waals surface area contributed by atoms with Gasteiger partial charge in [0.15, 0.2) is 0 Å². The molecule has 1 nitrogen and oxygen atoms in total. The summed E-state index contributed by atoms with van der Waals surface area (Å²) in [7, 11) is 0. The fourth-order valence-electron chi connectivity index (χ4n) is 5.84. The zero-order valence-corrected chi connectivity index (χ0v) is 14.1. The smallest absolute Gasteiger partial charge is 0.0214 e. The van der Waals surface area contributed by atoms with E-state index in [-0.39, 0.29) is 5.54 Å². The van der Waals surface area contributed by atoms with Crippen LogP contribution in [0.25, 0.3) is 0 Å². The van der Waals surface area contributed by atoms with Crippen LogP contribution in [-0.2, 0) is 0 Å². The van der Waals surface area contributed by atoms with Gasteiger partial charge in [0.1, 0.15) is 0 Å². The maximum Gasteiger partial charge on any atom is 0.0214 e. The maximum absolute atomic E-state index is 7.28. The largest absolute Gasteiger partial charge is 0.325 e. The molecule has 0 aromatic heterocycles. The maximum atomic E-state index is 7.28. The minimum atomic E-state index is 0.197. The van der Waals surface area contributed by atoms with Gasteiger partial charge in [-0.1, -0.05) is 70.6 Å². The van der Waals surface area contributed by atoms with E-state index in [2.05, 4.69) is 0 Å². The van der Waals surface area contributed by atoms with E-state index < -0.39 is 0 Å². The summed E-state index contributed by atoms with van der Waals surface area (Å²) >= 11 is 0. The molecule has 0 saturated heterocycles. The van der Waals surface area contributed by atoms with Crippen molar-refractivity contribution in [2.45, 2.75) is 108 Å². The van der Waals surface area contributed by atoms with Gasteiger partial charge in [0, 0.05) is 5.54 Å². The Kier molecular flexibility index (Phi) is 5.65. The second kappa shape index (κ2) is 7.49. The first kappa shape index (κ1) is 15.8. The zero-order chi connectivity index (χ0) is 14.5. The summed E-state index contributed by atoms with van der Waals surface area (Å²) in [6, 6.07) is 0. The number of hydrogen-bond acceptors (Lipinski definition) is 1. The van der Waals surface area contributed by atoms with Crippen LogP contribution in [0.1, 0.15) is 103 Å². The van der Waals surface area contributed by atoms with E-state index >= 15 is 0 Å². The lowest BCUT2D eigenvalue weighted by Gasteiger charge is -2.49. The summed E-state index contributed by atoms with van der Waals surface area (Å²) in [5.41, 5.74) is 7.48. The average Bonchev–Trinajstić information content (AvgIpc) is 2.57. The van der Waals surface area contributed by atoms with E-state index in [1.165, 1.54) is 103 Å². The van der Waals surface area contributed by atoms with Crippen molar-refractivity contribution < 1.29 is 0 Å². The highest BCUT2D eigenvalue weighted by Gasteiger charge is 2.43. The van der Waals surface area contributed by atoms with Gasteiger partial charge in [-0.2, -0.15) is 0 Å².